The Morgan fingerprint density at radius 2 is 1.73 bits per heavy atom. The molecular formula is C9H19BrO. The van der Waals surface area contributed by atoms with Crippen molar-refractivity contribution in [2.24, 2.45) is 5.41 Å². The Labute approximate surface area is 78.3 Å². The zero-order valence-corrected chi connectivity index (χ0v) is 9.15. The van der Waals surface area contributed by atoms with Crippen LogP contribution in [0.15, 0.2) is 0 Å². The Morgan fingerprint density at radius 1 is 1.18 bits per heavy atom. The number of hydrogen-bond acceptors (Lipinski definition) is 1. The van der Waals surface area contributed by atoms with E-state index in [1.165, 1.54) is 12.8 Å². The molecule has 1 nitrogen and oxygen atoms in total. The van der Waals surface area contributed by atoms with Gasteiger partial charge in [-0.15, -0.1) is 0 Å². The van der Waals surface area contributed by atoms with E-state index in [1.807, 2.05) is 0 Å². The molecule has 0 saturated heterocycles. The van der Waals surface area contributed by atoms with Crippen molar-refractivity contribution in [2.75, 3.05) is 11.9 Å². The molecule has 0 saturated carbocycles. The minimum atomic E-state index is 0.331. The highest BCUT2D eigenvalue weighted by Gasteiger charge is 2.15. The van der Waals surface area contributed by atoms with Gasteiger partial charge in [-0.2, -0.15) is 0 Å². The van der Waals surface area contributed by atoms with Gasteiger partial charge < -0.3 is 5.11 Å². The third kappa shape index (κ3) is 6.82. The number of rotatable bonds is 6. The first-order valence-electron chi connectivity index (χ1n) is 4.29. The highest BCUT2D eigenvalue weighted by molar-refractivity contribution is 9.09. The summed E-state index contributed by atoms with van der Waals surface area (Å²) in [6, 6.07) is 0. The largest absolute Gasteiger partial charge is 0.396 e. The van der Waals surface area contributed by atoms with Gasteiger partial charge in [-0.3, -0.25) is 0 Å². The molecule has 0 aromatic heterocycles. The van der Waals surface area contributed by atoms with Gasteiger partial charge in [0.25, 0.3) is 0 Å². The van der Waals surface area contributed by atoms with E-state index in [9.17, 15) is 0 Å². The zero-order valence-electron chi connectivity index (χ0n) is 7.57. The number of aliphatic hydroxyl groups is 1. The van der Waals surface area contributed by atoms with Crippen LogP contribution in [0.4, 0.5) is 0 Å². The molecule has 0 radical (unpaired) electrons. The van der Waals surface area contributed by atoms with E-state index in [0.29, 0.717) is 12.0 Å². The lowest BCUT2D eigenvalue weighted by Gasteiger charge is -2.23. The molecule has 0 spiro atoms. The maximum absolute atomic E-state index is 8.65. The van der Waals surface area contributed by atoms with E-state index in [-0.39, 0.29) is 0 Å². The minimum Gasteiger partial charge on any atom is -0.396 e. The Hall–Kier alpha value is 0.440. The summed E-state index contributed by atoms with van der Waals surface area (Å²) in [5, 5.41) is 9.74. The Kier molecular flexibility index (Phi) is 6.25. The Balaban J connectivity index is 3.43. The number of halogens is 1. The minimum absolute atomic E-state index is 0.331. The second-order valence-electron chi connectivity index (χ2n) is 3.78. The highest BCUT2D eigenvalue weighted by Crippen LogP contribution is 2.28. The van der Waals surface area contributed by atoms with Gasteiger partial charge in [0, 0.05) is 11.9 Å². The van der Waals surface area contributed by atoms with E-state index in [1.54, 1.807) is 0 Å². The molecule has 0 aliphatic rings. The van der Waals surface area contributed by atoms with Crippen molar-refractivity contribution in [2.45, 2.75) is 39.5 Å². The molecule has 0 bridgehead atoms. The summed E-state index contributed by atoms with van der Waals surface area (Å²) in [5.74, 6) is 0. The lowest BCUT2D eigenvalue weighted by Crippen LogP contribution is -2.11. The fourth-order valence-electron chi connectivity index (χ4n) is 1.23. The first kappa shape index (κ1) is 11.4. The summed E-state index contributed by atoms with van der Waals surface area (Å²) in [4.78, 5) is 0. The van der Waals surface area contributed by atoms with Gasteiger partial charge in [0.1, 0.15) is 0 Å². The topological polar surface area (TPSA) is 20.2 Å². The predicted molar refractivity (Wildman–Crippen MR) is 53.1 cm³/mol. The van der Waals surface area contributed by atoms with Crippen molar-refractivity contribution in [1.82, 2.24) is 0 Å². The van der Waals surface area contributed by atoms with Crippen LogP contribution in [0.5, 0.6) is 0 Å². The van der Waals surface area contributed by atoms with Crippen LogP contribution in [0.25, 0.3) is 0 Å². The molecule has 0 aromatic rings. The van der Waals surface area contributed by atoms with Crippen LogP contribution in [0.3, 0.4) is 0 Å². The number of hydrogen-bond donors (Lipinski definition) is 1. The quantitative estimate of drug-likeness (QED) is 0.686. The van der Waals surface area contributed by atoms with Crippen LogP contribution in [0.2, 0.25) is 0 Å². The third-order valence-corrected chi connectivity index (χ3v) is 2.56. The summed E-state index contributed by atoms with van der Waals surface area (Å²) < 4.78 is 0. The summed E-state index contributed by atoms with van der Waals surface area (Å²) in [6.45, 7) is 4.87. The molecule has 1 N–H and O–H groups in total. The summed E-state index contributed by atoms with van der Waals surface area (Å²) in [7, 11) is 0. The molecular weight excluding hydrogens is 204 g/mol. The van der Waals surface area contributed by atoms with E-state index in [2.05, 4.69) is 29.8 Å². The van der Waals surface area contributed by atoms with Crippen molar-refractivity contribution in [3.63, 3.8) is 0 Å². The monoisotopic (exact) mass is 222 g/mol. The molecule has 0 aliphatic carbocycles. The van der Waals surface area contributed by atoms with Crippen molar-refractivity contribution in [3.05, 3.63) is 0 Å². The average Bonchev–Trinajstić information content (AvgIpc) is 1.97. The molecule has 0 amide bonds. The van der Waals surface area contributed by atoms with E-state index >= 15 is 0 Å². The fourth-order valence-corrected chi connectivity index (χ4v) is 1.51. The van der Waals surface area contributed by atoms with Crippen LogP contribution in [0.1, 0.15) is 39.5 Å². The van der Waals surface area contributed by atoms with Crippen LogP contribution in [-0.4, -0.2) is 17.0 Å². The zero-order chi connectivity index (χ0) is 8.74. The third-order valence-electron chi connectivity index (χ3n) is 2.00. The molecule has 0 atom stereocenters. The first-order valence-corrected chi connectivity index (χ1v) is 5.41. The van der Waals surface area contributed by atoms with Gasteiger partial charge in [0.15, 0.2) is 0 Å². The average molecular weight is 223 g/mol. The molecule has 0 unspecified atom stereocenters. The van der Waals surface area contributed by atoms with Crippen molar-refractivity contribution in [1.29, 1.82) is 0 Å². The lowest BCUT2D eigenvalue weighted by molar-refractivity contribution is 0.232. The molecule has 68 valence electrons. The van der Waals surface area contributed by atoms with Gasteiger partial charge >= 0.3 is 0 Å². The maximum Gasteiger partial charge on any atom is 0.0431 e. The molecule has 11 heavy (non-hydrogen) atoms. The van der Waals surface area contributed by atoms with Crippen LogP contribution in [0, 0.1) is 5.41 Å². The molecule has 0 rings (SSSR count). The van der Waals surface area contributed by atoms with Crippen molar-refractivity contribution < 1.29 is 5.11 Å². The van der Waals surface area contributed by atoms with Gasteiger partial charge in [0.2, 0.25) is 0 Å². The van der Waals surface area contributed by atoms with Crippen LogP contribution in [-0.2, 0) is 0 Å². The Morgan fingerprint density at radius 3 is 2.18 bits per heavy atom. The molecule has 0 aliphatic heterocycles. The number of alkyl halides is 1. The smallest absolute Gasteiger partial charge is 0.0431 e. The van der Waals surface area contributed by atoms with E-state index in [4.69, 9.17) is 5.11 Å². The van der Waals surface area contributed by atoms with Gasteiger partial charge in [-0.25, -0.2) is 0 Å². The van der Waals surface area contributed by atoms with Crippen molar-refractivity contribution in [3.8, 4) is 0 Å². The normalized spacial score (nSPS) is 12.0. The van der Waals surface area contributed by atoms with Crippen molar-refractivity contribution >= 4 is 15.9 Å². The summed E-state index contributed by atoms with van der Waals surface area (Å²) in [5.41, 5.74) is 0.413. The predicted octanol–water partition coefficient (Wildman–Crippen LogP) is 2.96. The Bertz CT molecular complexity index is 81.6. The van der Waals surface area contributed by atoms with Crippen LogP contribution < -0.4 is 0 Å². The highest BCUT2D eigenvalue weighted by atomic mass is 79.9. The molecule has 0 fully saturated rings. The van der Waals surface area contributed by atoms with E-state index < -0.39 is 0 Å². The van der Waals surface area contributed by atoms with Gasteiger partial charge in [0.05, 0.1) is 0 Å². The first-order chi connectivity index (χ1) is 5.12. The second kappa shape index (κ2) is 6.01. The van der Waals surface area contributed by atoms with Gasteiger partial charge in [-0.05, 0) is 31.1 Å². The number of aliphatic hydroxyl groups excluding tert-OH is 1. The molecule has 0 aromatic carbocycles. The standard InChI is InChI=1S/C9H19BrO/c1-9(2,5-3-7-10)6-4-8-11/h11H,3-8H2,1-2H3. The SMILES string of the molecule is CC(C)(CCCO)CCCBr. The summed E-state index contributed by atoms with van der Waals surface area (Å²) >= 11 is 3.42. The van der Waals surface area contributed by atoms with Crippen LogP contribution >= 0.6 is 15.9 Å². The molecule has 2 heteroatoms. The van der Waals surface area contributed by atoms with E-state index in [0.717, 1.165) is 18.2 Å². The lowest BCUT2D eigenvalue weighted by atomic mass is 9.83. The fraction of sp³-hybridized carbons (Fsp3) is 1.00. The maximum atomic E-state index is 8.65. The van der Waals surface area contributed by atoms with Gasteiger partial charge in [-0.1, -0.05) is 29.8 Å². The second-order valence-corrected chi connectivity index (χ2v) is 4.58. The summed E-state index contributed by atoms with van der Waals surface area (Å²) in [6.07, 6.45) is 4.56. The molecule has 0 heterocycles.